The van der Waals surface area contributed by atoms with Crippen LogP contribution in [0.3, 0.4) is 0 Å². The number of nitrogens with one attached hydrogen (secondary N) is 1. The maximum absolute atomic E-state index is 12.2. The maximum Gasteiger partial charge on any atom is 0.255 e. The topological polar surface area (TPSA) is 58.4 Å². The van der Waals surface area contributed by atoms with Crippen LogP contribution >= 0.6 is 23.2 Å². The largest absolute Gasteiger partial charge is 0.396 e. The molecule has 21 heavy (non-hydrogen) atoms. The number of carbonyl (C=O) groups excluding carboxylic acids is 1. The Balaban J connectivity index is 2.24. The lowest BCUT2D eigenvalue weighted by Crippen LogP contribution is -2.13. The molecule has 0 spiro atoms. The molecule has 0 radical (unpaired) electrons. The molecule has 0 aliphatic heterocycles. The fourth-order valence-corrected chi connectivity index (χ4v) is 2.27. The molecule has 4 nitrogen and oxygen atoms in total. The predicted octanol–water partition coefficient (Wildman–Crippen LogP) is 3.89. The highest BCUT2D eigenvalue weighted by Crippen LogP contribution is 2.29. The van der Waals surface area contributed by atoms with Crippen molar-refractivity contribution in [2.75, 3.05) is 30.0 Å². The summed E-state index contributed by atoms with van der Waals surface area (Å²) < 4.78 is 0. The van der Waals surface area contributed by atoms with Crippen LogP contribution in [0.25, 0.3) is 0 Å². The maximum atomic E-state index is 12.2. The molecule has 1 amide bonds. The number of nitrogens with zero attached hydrogens (tertiary/aromatic N) is 1. The number of rotatable bonds is 3. The number of hydrogen-bond donors (Lipinski definition) is 2. The number of nitrogen functional groups attached to an aromatic ring is 1. The summed E-state index contributed by atoms with van der Waals surface area (Å²) in [5.74, 6) is -0.297. The minimum absolute atomic E-state index is 0.259. The quantitative estimate of drug-likeness (QED) is 0.842. The van der Waals surface area contributed by atoms with E-state index < -0.39 is 0 Å². The summed E-state index contributed by atoms with van der Waals surface area (Å²) in [5, 5.41) is 3.32. The van der Waals surface area contributed by atoms with Gasteiger partial charge in [-0.15, -0.1) is 0 Å². The number of amides is 1. The molecule has 0 aliphatic carbocycles. The Hall–Kier alpha value is -1.91. The van der Waals surface area contributed by atoms with Crippen molar-refractivity contribution in [1.82, 2.24) is 0 Å². The first-order chi connectivity index (χ1) is 9.88. The van der Waals surface area contributed by atoms with Crippen molar-refractivity contribution < 1.29 is 4.79 Å². The van der Waals surface area contributed by atoms with E-state index in [1.807, 2.05) is 43.3 Å². The van der Waals surface area contributed by atoms with Crippen molar-refractivity contribution >= 4 is 46.2 Å². The van der Waals surface area contributed by atoms with Crippen molar-refractivity contribution in [3.63, 3.8) is 0 Å². The molecule has 0 bridgehead atoms. The smallest absolute Gasteiger partial charge is 0.255 e. The Morgan fingerprint density at radius 3 is 2.33 bits per heavy atom. The van der Waals surface area contributed by atoms with Crippen molar-refractivity contribution in [3.05, 3.63) is 52.0 Å². The van der Waals surface area contributed by atoms with E-state index in [1.165, 1.54) is 12.1 Å². The van der Waals surface area contributed by atoms with Crippen LogP contribution in [0.5, 0.6) is 0 Å². The average Bonchev–Trinajstić information content (AvgIpc) is 2.44. The summed E-state index contributed by atoms with van der Waals surface area (Å²) in [6.45, 7) is 0. The summed E-state index contributed by atoms with van der Waals surface area (Å²) in [4.78, 5) is 14.2. The summed E-state index contributed by atoms with van der Waals surface area (Å²) in [6.07, 6.45) is 0. The van der Waals surface area contributed by atoms with E-state index >= 15 is 0 Å². The molecule has 0 unspecified atom stereocenters. The van der Waals surface area contributed by atoms with E-state index in [2.05, 4.69) is 5.32 Å². The van der Waals surface area contributed by atoms with E-state index in [4.69, 9.17) is 28.9 Å². The van der Waals surface area contributed by atoms with Gasteiger partial charge in [-0.2, -0.15) is 0 Å². The van der Waals surface area contributed by atoms with Gasteiger partial charge in [-0.05, 0) is 30.3 Å². The second kappa shape index (κ2) is 6.24. The van der Waals surface area contributed by atoms with E-state index in [0.29, 0.717) is 11.3 Å². The van der Waals surface area contributed by atoms with Gasteiger partial charge in [0.1, 0.15) is 0 Å². The van der Waals surface area contributed by atoms with Gasteiger partial charge in [0.2, 0.25) is 0 Å². The van der Waals surface area contributed by atoms with Crippen LogP contribution in [-0.2, 0) is 0 Å². The zero-order chi connectivity index (χ0) is 15.6. The number of carbonyl (C=O) groups is 1. The molecule has 6 heteroatoms. The van der Waals surface area contributed by atoms with Crippen molar-refractivity contribution in [2.45, 2.75) is 0 Å². The van der Waals surface area contributed by atoms with E-state index in [0.717, 1.165) is 5.69 Å². The monoisotopic (exact) mass is 323 g/mol. The van der Waals surface area contributed by atoms with Gasteiger partial charge >= 0.3 is 0 Å². The fourth-order valence-electron chi connectivity index (χ4n) is 1.78. The number of anilines is 3. The van der Waals surface area contributed by atoms with Gasteiger partial charge in [-0.3, -0.25) is 4.79 Å². The van der Waals surface area contributed by atoms with Crippen LogP contribution in [0.4, 0.5) is 17.1 Å². The Kier molecular flexibility index (Phi) is 4.60. The number of nitrogens with two attached hydrogens (primary N) is 1. The SMILES string of the molecule is CN(C)c1cccc(NC(=O)c2cc(Cl)c(N)c(Cl)c2)c1. The molecule has 0 saturated heterocycles. The van der Waals surface area contributed by atoms with Gasteiger partial charge in [0.25, 0.3) is 5.91 Å². The third-order valence-corrected chi connectivity index (χ3v) is 3.59. The first-order valence-corrected chi connectivity index (χ1v) is 6.97. The van der Waals surface area contributed by atoms with Crippen LogP contribution in [0.15, 0.2) is 36.4 Å². The Morgan fingerprint density at radius 2 is 1.76 bits per heavy atom. The van der Waals surface area contributed by atoms with E-state index in [1.54, 1.807) is 0 Å². The van der Waals surface area contributed by atoms with Crippen LogP contribution in [0.1, 0.15) is 10.4 Å². The average molecular weight is 324 g/mol. The zero-order valence-electron chi connectivity index (χ0n) is 11.7. The lowest BCUT2D eigenvalue weighted by molar-refractivity contribution is 0.102. The van der Waals surface area contributed by atoms with Gasteiger partial charge in [0.15, 0.2) is 0 Å². The van der Waals surface area contributed by atoms with Crippen molar-refractivity contribution in [1.29, 1.82) is 0 Å². The molecule has 0 aliphatic rings. The van der Waals surface area contributed by atoms with Gasteiger partial charge < -0.3 is 16.0 Å². The van der Waals surface area contributed by atoms with Gasteiger partial charge in [0.05, 0.1) is 15.7 Å². The molecule has 3 N–H and O–H groups in total. The Bertz CT molecular complexity index is 663. The number of benzene rings is 2. The Labute approximate surface area is 133 Å². The lowest BCUT2D eigenvalue weighted by Gasteiger charge is -2.14. The molecular weight excluding hydrogens is 309 g/mol. The molecule has 2 aromatic carbocycles. The second-order valence-electron chi connectivity index (χ2n) is 4.75. The van der Waals surface area contributed by atoms with E-state index in [-0.39, 0.29) is 21.6 Å². The molecule has 0 saturated carbocycles. The first-order valence-electron chi connectivity index (χ1n) is 6.21. The predicted molar refractivity (Wildman–Crippen MR) is 89.6 cm³/mol. The lowest BCUT2D eigenvalue weighted by atomic mass is 10.2. The molecule has 0 atom stereocenters. The summed E-state index contributed by atoms with van der Waals surface area (Å²) in [5.41, 5.74) is 7.96. The van der Waals surface area contributed by atoms with Gasteiger partial charge in [0, 0.05) is 31.0 Å². The van der Waals surface area contributed by atoms with Crippen LogP contribution in [0, 0.1) is 0 Å². The zero-order valence-corrected chi connectivity index (χ0v) is 13.2. The summed E-state index contributed by atoms with van der Waals surface area (Å²) in [6, 6.07) is 10.5. The Morgan fingerprint density at radius 1 is 1.14 bits per heavy atom. The third kappa shape index (κ3) is 3.60. The van der Waals surface area contributed by atoms with Crippen LogP contribution < -0.4 is 16.0 Å². The summed E-state index contributed by atoms with van der Waals surface area (Å²) in [7, 11) is 3.86. The standard InChI is InChI=1S/C15H15Cl2N3O/c1-20(2)11-5-3-4-10(8-11)19-15(21)9-6-12(16)14(18)13(17)7-9/h3-8H,18H2,1-2H3,(H,19,21). The van der Waals surface area contributed by atoms with Gasteiger partial charge in [-0.25, -0.2) is 0 Å². The highest BCUT2D eigenvalue weighted by Gasteiger charge is 2.11. The molecule has 110 valence electrons. The van der Waals surface area contributed by atoms with E-state index in [9.17, 15) is 4.79 Å². The molecule has 0 heterocycles. The third-order valence-electron chi connectivity index (χ3n) is 2.96. The fraction of sp³-hybridized carbons (Fsp3) is 0.133. The normalized spacial score (nSPS) is 10.3. The molecule has 2 rings (SSSR count). The minimum Gasteiger partial charge on any atom is -0.396 e. The number of halogens is 2. The van der Waals surface area contributed by atoms with Crippen LogP contribution in [-0.4, -0.2) is 20.0 Å². The first kappa shape index (κ1) is 15.5. The molecule has 0 fully saturated rings. The van der Waals surface area contributed by atoms with Crippen LogP contribution in [0.2, 0.25) is 10.0 Å². The molecule has 0 aromatic heterocycles. The summed E-state index contributed by atoms with van der Waals surface area (Å²) >= 11 is 11.9. The highest BCUT2D eigenvalue weighted by atomic mass is 35.5. The molecule has 2 aromatic rings. The van der Waals surface area contributed by atoms with Crippen molar-refractivity contribution in [2.24, 2.45) is 0 Å². The second-order valence-corrected chi connectivity index (χ2v) is 5.57. The highest BCUT2D eigenvalue weighted by molar-refractivity contribution is 6.39. The molecular formula is C15H15Cl2N3O. The minimum atomic E-state index is -0.297. The van der Waals surface area contributed by atoms with Gasteiger partial charge in [-0.1, -0.05) is 29.3 Å². The van der Waals surface area contributed by atoms with Crippen molar-refractivity contribution in [3.8, 4) is 0 Å². The number of hydrogen-bond acceptors (Lipinski definition) is 3.